The Balaban J connectivity index is 1.44. The van der Waals surface area contributed by atoms with Gasteiger partial charge >= 0.3 is 0 Å². The van der Waals surface area contributed by atoms with E-state index in [4.69, 9.17) is 17.0 Å². The quantitative estimate of drug-likeness (QED) is 0.466. The molecule has 3 aliphatic rings. The monoisotopic (exact) mass is 458 g/mol. The van der Waals surface area contributed by atoms with Crippen LogP contribution < -0.4 is 4.74 Å². The highest BCUT2D eigenvalue weighted by molar-refractivity contribution is 8.26. The molecule has 0 N–H and O–H groups in total. The fourth-order valence-electron chi connectivity index (χ4n) is 4.34. The number of para-hydroxylation sites is 1. The van der Waals surface area contributed by atoms with Gasteiger partial charge in [0.2, 0.25) is 5.91 Å². The van der Waals surface area contributed by atoms with Crippen molar-refractivity contribution in [1.29, 1.82) is 0 Å². The van der Waals surface area contributed by atoms with Crippen molar-refractivity contribution in [1.82, 2.24) is 9.80 Å². The summed E-state index contributed by atoms with van der Waals surface area (Å²) in [6, 6.07) is 7.83. The summed E-state index contributed by atoms with van der Waals surface area (Å²) in [5, 5.41) is 0. The Bertz CT molecular complexity index is 871. The fourth-order valence-corrected chi connectivity index (χ4v) is 5.59. The molecule has 0 bridgehead atoms. The minimum absolute atomic E-state index is 0.0227. The molecule has 1 saturated carbocycles. The molecule has 1 aliphatic carbocycles. The van der Waals surface area contributed by atoms with Crippen molar-refractivity contribution in [2.24, 2.45) is 5.92 Å². The molecular formula is C24H30N2O3S2. The molecule has 0 aromatic heterocycles. The van der Waals surface area contributed by atoms with Gasteiger partial charge in [-0.2, -0.15) is 0 Å². The Morgan fingerprint density at radius 2 is 1.87 bits per heavy atom. The Labute approximate surface area is 194 Å². The lowest BCUT2D eigenvalue weighted by molar-refractivity contribution is -0.136. The zero-order valence-electron chi connectivity index (χ0n) is 18.0. The molecule has 2 amide bonds. The highest BCUT2D eigenvalue weighted by Crippen LogP contribution is 2.35. The molecule has 0 spiro atoms. The molecule has 0 radical (unpaired) electrons. The van der Waals surface area contributed by atoms with Crippen molar-refractivity contribution in [3.63, 3.8) is 0 Å². The van der Waals surface area contributed by atoms with E-state index in [0.29, 0.717) is 15.1 Å². The SMILES string of the molecule is CC1CCN(C(=O)CN2C(=O)/C(=C/c3ccccc3OC3CCCCC3)SC2=S)CC1. The second-order valence-electron chi connectivity index (χ2n) is 8.75. The number of hydrogen-bond donors (Lipinski definition) is 0. The van der Waals surface area contributed by atoms with Crippen LogP contribution in [0.25, 0.3) is 6.08 Å². The number of carbonyl (C=O) groups excluding carboxylic acids is 2. The summed E-state index contributed by atoms with van der Waals surface area (Å²) >= 11 is 6.70. The van der Waals surface area contributed by atoms with Crippen LogP contribution in [0.5, 0.6) is 5.75 Å². The number of thiocarbonyl (C=S) groups is 1. The summed E-state index contributed by atoms with van der Waals surface area (Å²) in [7, 11) is 0. The van der Waals surface area contributed by atoms with E-state index in [-0.39, 0.29) is 24.5 Å². The molecule has 0 atom stereocenters. The molecule has 2 aliphatic heterocycles. The molecule has 31 heavy (non-hydrogen) atoms. The topological polar surface area (TPSA) is 49.9 Å². The van der Waals surface area contributed by atoms with E-state index in [1.54, 1.807) is 0 Å². The number of rotatable bonds is 5. The molecule has 4 rings (SSSR count). The van der Waals surface area contributed by atoms with E-state index >= 15 is 0 Å². The van der Waals surface area contributed by atoms with Crippen molar-refractivity contribution in [2.45, 2.75) is 58.0 Å². The van der Waals surface area contributed by atoms with Crippen LogP contribution in [0.2, 0.25) is 0 Å². The lowest BCUT2D eigenvalue weighted by Gasteiger charge is -2.31. The van der Waals surface area contributed by atoms with E-state index in [1.165, 1.54) is 35.9 Å². The normalized spacial score (nSPS) is 22.4. The first-order valence-electron chi connectivity index (χ1n) is 11.3. The number of thioether (sulfide) groups is 1. The first-order valence-corrected chi connectivity index (χ1v) is 12.5. The maximum Gasteiger partial charge on any atom is 0.266 e. The standard InChI is InChI=1S/C24H30N2O3S2/c1-17-11-13-25(14-12-17)22(27)16-26-23(28)21(31-24(26)30)15-18-7-5-6-10-20(18)29-19-8-3-2-4-9-19/h5-7,10,15,17,19H,2-4,8-9,11-14,16H2,1H3/b21-15-. The van der Waals surface area contributed by atoms with Crippen LogP contribution in [-0.4, -0.2) is 51.7 Å². The Kier molecular flexibility index (Phi) is 7.33. The van der Waals surface area contributed by atoms with Gasteiger partial charge in [-0.25, -0.2) is 0 Å². The predicted octanol–water partition coefficient (Wildman–Crippen LogP) is 4.86. The minimum Gasteiger partial charge on any atom is -0.490 e. The number of benzene rings is 1. The molecule has 1 aromatic rings. The lowest BCUT2D eigenvalue weighted by Crippen LogP contribution is -2.45. The van der Waals surface area contributed by atoms with Gasteiger partial charge in [-0.3, -0.25) is 14.5 Å². The summed E-state index contributed by atoms with van der Waals surface area (Å²) < 4.78 is 6.71. The number of ether oxygens (including phenoxy) is 1. The average Bonchev–Trinajstić information content (AvgIpc) is 3.03. The van der Waals surface area contributed by atoms with E-state index in [1.807, 2.05) is 35.2 Å². The Hall–Kier alpha value is -1.86. The predicted molar refractivity (Wildman–Crippen MR) is 129 cm³/mol. The van der Waals surface area contributed by atoms with Crippen molar-refractivity contribution >= 4 is 46.2 Å². The maximum atomic E-state index is 13.0. The van der Waals surface area contributed by atoms with Crippen molar-refractivity contribution in [2.75, 3.05) is 19.6 Å². The summed E-state index contributed by atoms with van der Waals surface area (Å²) in [6.07, 6.45) is 9.96. The van der Waals surface area contributed by atoms with E-state index in [9.17, 15) is 9.59 Å². The fraction of sp³-hybridized carbons (Fsp3) is 0.542. The number of nitrogens with zero attached hydrogens (tertiary/aromatic N) is 2. The lowest BCUT2D eigenvalue weighted by atomic mass is 9.97. The largest absolute Gasteiger partial charge is 0.490 e. The number of piperidine rings is 1. The number of amides is 2. The summed E-state index contributed by atoms with van der Waals surface area (Å²) in [6.45, 7) is 3.76. The van der Waals surface area contributed by atoms with E-state index in [0.717, 1.165) is 50.1 Å². The van der Waals surface area contributed by atoms with E-state index in [2.05, 4.69) is 6.92 Å². The Morgan fingerprint density at radius 3 is 2.61 bits per heavy atom. The zero-order valence-corrected chi connectivity index (χ0v) is 19.7. The Morgan fingerprint density at radius 1 is 1.16 bits per heavy atom. The molecule has 0 unspecified atom stereocenters. The van der Waals surface area contributed by atoms with Crippen LogP contribution in [0.3, 0.4) is 0 Å². The molecular weight excluding hydrogens is 428 g/mol. The highest BCUT2D eigenvalue weighted by Gasteiger charge is 2.35. The van der Waals surface area contributed by atoms with Crippen molar-refractivity contribution in [3.05, 3.63) is 34.7 Å². The van der Waals surface area contributed by atoms with Crippen molar-refractivity contribution < 1.29 is 14.3 Å². The summed E-state index contributed by atoms with van der Waals surface area (Å²) in [5.74, 6) is 1.24. The third-order valence-electron chi connectivity index (χ3n) is 6.35. The van der Waals surface area contributed by atoms with Gasteiger partial charge in [0.25, 0.3) is 5.91 Å². The molecule has 2 heterocycles. The first kappa shape index (κ1) is 22.3. The minimum atomic E-state index is -0.193. The third-order valence-corrected chi connectivity index (χ3v) is 7.73. The van der Waals surface area contributed by atoms with E-state index < -0.39 is 0 Å². The van der Waals surface area contributed by atoms with Gasteiger partial charge in [0.15, 0.2) is 0 Å². The maximum absolute atomic E-state index is 13.0. The van der Waals surface area contributed by atoms with Gasteiger partial charge in [0.1, 0.15) is 16.6 Å². The van der Waals surface area contributed by atoms with Gasteiger partial charge < -0.3 is 9.64 Å². The number of likely N-dealkylation sites (tertiary alicyclic amines) is 1. The number of hydrogen-bond acceptors (Lipinski definition) is 5. The molecule has 2 saturated heterocycles. The van der Waals surface area contributed by atoms with Crippen molar-refractivity contribution in [3.8, 4) is 5.75 Å². The second-order valence-corrected chi connectivity index (χ2v) is 10.4. The van der Waals surface area contributed by atoms with Crippen LogP contribution in [0.4, 0.5) is 0 Å². The highest BCUT2D eigenvalue weighted by atomic mass is 32.2. The van der Waals surface area contributed by atoms with Crippen LogP contribution in [-0.2, 0) is 9.59 Å². The second kappa shape index (κ2) is 10.2. The van der Waals surface area contributed by atoms with Gasteiger partial charge in [0, 0.05) is 18.7 Å². The molecule has 7 heteroatoms. The van der Waals surface area contributed by atoms with Gasteiger partial charge in [-0.15, -0.1) is 0 Å². The molecule has 166 valence electrons. The summed E-state index contributed by atoms with van der Waals surface area (Å²) in [4.78, 5) is 29.6. The van der Waals surface area contributed by atoms with Gasteiger partial charge in [0.05, 0.1) is 11.0 Å². The van der Waals surface area contributed by atoms with Crippen LogP contribution in [0.15, 0.2) is 29.2 Å². The molecule has 1 aromatic carbocycles. The van der Waals surface area contributed by atoms with Crippen LogP contribution in [0.1, 0.15) is 57.4 Å². The van der Waals surface area contributed by atoms with Gasteiger partial charge in [-0.05, 0) is 56.6 Å². The zero-order chi connectivity index (χ0) is 21.8. The molecule has 5 nitrogen and oxygen atoms in total. The smallest absolute Gasteiger partial charge is 0.266 e. The average molecular weight is 459 g/mol. The van der Waals surface area contributed by atoms with Crippen LogP contribution in [0, 0.1) is 5.92 Å². The van der Waals surface area contributed by atoms with Gasteiger partial charge in [-0.1, -0.05) is 55.5 Å². The molecule has 3 fully saturated rings. The first-order chi connectivity index (χ1) is 15.0. The third kappa shape index (κ3) is 5.50. The summed E-state index contributed by atoms with van der Waals surface area (Å²) in [5.41, 5.74) is 0.880. The van der Waals surface area contributed by atoms with Crippen LogP contribution >= 0.6 is 24.0 Å². The number of carbonyl (C=O) groups is 2.